The molecule has 0 unspecified atom stereocenters. The van der Waals surface area contributed by atoms with Crippen molar-refractivity contribution in [3.63, 3.8) is 0 Å². The number of fused-ring (bicyclic) bond motifs is 1. The van der Waals surface area contributed by atoms with Crippen LogP contribution in [0.2, 0.25) is 0 Å². The van der Waals surface area contributed by atoms with Gasteiger partial charge in [-0.1, -0.05) is 6.07 Å². The van der Waals surface area contributed by atoms with Crippen LogP contribution in [0.4, 0.5) is 5.69 Å². The van der Waals surface area contributed by atoms with Crippen molar-refractivity contribution in [3.05, 3.63) is 58.1 Å². The molecule has 1 saturated heterocycles. The molecular formula is C25H27N5O2. The minimum atomic E-state index is -0.0838. The summed E-state index contributed by atoms with van der Waals surface area (Å²) in [5.41, 5.74) is 4.65. The second-order valence-corrected chi connectivity index (χ2v) is 8.53. The maximum absolute atomic E-state index is 13.1. The van der Waals surface area contributed by atoms with Crippen LogP contribution < -0.4 is 10.9 Å². The number of carbonyl (C=O) groups excluding carboxylic acids is 1. The molecule has 0 bridgehead atoms. The number of benzene rings is 1. The zero-order chi connectivity index (χ0) is 22.8. The number of hydrogen-bond donors (Lipinski definition) is 1. The summed E-state index contributed by atoms with van der Waals surface area (Å²) < 4.78 is 1.65. The maximum atomic E-state index is 13.1. The number of amides is 1. The zero-order valence-electron chi connectivity index (χ0n) is 18.7. The highest BCUT2D eigenvalue weighted by atomic mass is 16.2. The second kappa shape index (κ2) is 8.93. The minimum absolute atomic E-state index is 0.0116. The lowest BCUT2D eigenvalue weighted by atomic mass is 9.95. The molecule has 3 heterocycles. The average molecular weight is 430 g/mol. The Morgan fingerprint density at radius 3 is 2.66 bits per heavy atom. The van der Waals surface area contributed by atoms with Crippen molar-refractivity contribution in [2.24, 2.45) is 13.0 Å². The number of pyridine rings is 2. The van der Waals surface area contributed by atoms with Gasteiger partial charge < -0.3 is 9.88 Å². The van der Waals surface area contributed by atoms with E-state index >= 15 is 0 Å². The SMILES string of the molecule is Cc1cc2c(cn1)cc(-c1cc(NC(=O)C3CCN(CC#N)CC3)ccc1C)c(=O)n2C. The topological polar surface area (TPSA) is 91.0 Å². The molecule has 1 amide bonds. The summed E-state index contributed by atoms with van der Waals surface area (Å²) in [7, 11) is 1.77. The van der Waals surface area contributed by atoms with E-state index < -0.39 is 0 Å². The molecule has 0 saturated carbocycles. The fraction of sp³-hybridized carbons (Fsp3) is 0.360. The summed E-state index contributed by atoms with van der Waals surface area (Å²) in [6.07, 6.45) is 3.26. The van der Waals surface area contributed by atoms with Gasteiger partial charge in [0.05, 0.1) is 18.1 Å². The zero-order valence-corrected chi connectivity index (χ0v) is 18.7. The van der Waals surface area contributed by atoms with Crippen molar-refractivity contribution in [2.75, 3.05) is 25.0 Å². The molecular weight excluding hydrogens is 402 g/mol. The van der Waals surface area contributed by atoms with E-state index in [4.69, 9.17) is 5.26 Å². The van der Waals surface area contributed by atoms with Gasteiger partial charge in [-0.25, -0.2) is 0 Å². The summed E-state index contributed by atoms with van der Waals surface area (Å²) >= 11 is 0. The lowest BCUT2D eigenvalue weighted by Crippen LogP contribution is -2.38. The molecule has 1 aliphatic heterocycles. The van der Waals surface area contributed by atoms with E-state index in [0.717, 1.165) is 53.7 Å². The van der Waals surface area contributed by atoms with Gasteiger partial charge in [0.1, 0.15) is 0 Å². The Kier molecular flexibility index (Phi) is 6.06. The average Bonchev–Trinajstić information content (AvgIpc) is 2.79. The number of hydrogen-bond acceptors (Lipinski definition) is 5. The Morgan fingerprint density at radius 1 is 1.19 bits per heavy atom. The van der Waals surface area contributed by atoms with Crippen LogP contribution in [0.1, 0.15) is 24.1 Å². The van der Waals surface area contributed by atoms with E-state index in [9.17, 15) is 9.59 Å². The predicted octanol–water partition coefficient (Wildman–Crippen LogP) is 3.39. The molecule has 0 spiro atoms. The van der Waals surface area contributed by atoms with E-state index in [2.05, 4.69) is 21.3 Å². The highest BCUT2D eigenvalue weighted by Gasteiger charge is 2.25. The monoisotopic (exact) mass is 429 g/mol. The molecule has 4 rings (SSSR count). The minimum Gasteiger partial charge on any atom is -0.326 e. The van der Waals surface area contributed by atoms with E-state index in [-0.39, 0.29) is 17.4 Å². The van der Waals surface area contributed by atoms with Gasteiger partial charge in [-0.3, -0.25) is 19.5 Å². The third kappa shape index (κ3) is 4.27. The van der Waals surface area contributed by atoms with Gasteiger partial charge in [-0.15, -0.1) is 0 Å². The van der Waals surface area contributed by atoms with Crippen LogP contribution in [0.25, 0.3) is 22.0 Å². The first-order chi connectivity index (χ1) is 15.4. The molecule has 32 heavy (non-hydrogen) atoms. The van der Waals surface area contributed by atoms with E-state index in [1.807, 2.05) is 44.2 Å². The van der Waals surface area contributed by atoms with Crippen molar-refractivity contribution in [2.45, 2.75) is 26.7 Å². The molecule has 2 aromatic heterocycles. The van der Waals surface area contributed by atoms with Gasteiger partial charge in [0.2, 0.25) is 5.91 Å². The van der Waals surface area contributed by atoms with Crippen molar-refractivity contribution in [3.8, 4) is 17.2 Å². The van der Waals surface area contributed by atoms with Crippen LogP contribution in [0, 0.1) is 31.1 Å². The van der Waals surface area contributed by atoms with Crippen molar-refractivity contribution < 1.29 is 4.79 Å². The standard InChI is InChI=1S/C25H27N5O2/c1-16-4-5-20(28-24(31)18-6-9-30(10-7-18)11-8-26)14-21(16)22-13-19-15-27-17(2)12-23(19)29(3)25(22)32/h4-5,12-15,18H,6-7,9-11H2,1-3H3,(H,28,31). The number of anilines is 1. The van der Waals surface area contributed by atoms with Gasteiger partial charge >= 0.3 is 0 Å². The van der Waals surface area contributed by atoms with Crippen LogP contribution in [-0.4, -0.2) is 40.0 Å². The van der Waals surface area contributed by atoms with Gasteiger partial charge in [-0.2, -0.15) is 5.26 Å². The third-order valence-electron chi connectivity index (χ3n) is 6.29. The first kappa shape index (κ1) is 21.7. The number of nitriles is 1. The van der Waals surface area contributed by atoms with Crippen LogP contribution in [-0.2, 0) is 11.8 Å². The third-order valence-corrected chi connectivity index (χ3v) is 6.29. The van der Waals surface area contributed by atoms with E-state index in [1.165, 1.54) is 0 Å². The quantitative estimate of drug-likeness (QED) is 0.642. The maximum Gasteiger partial charge on any atom is 0.258 e. The number of nitrogens with zero attached hydrogens (tertiary/aromatic N) is 4. The number of rotatable bonds is 4. The van der Waals surface area contributed by atoms with Gasteiger partial charge in [0, 0.05) is 41.5 Å². The smallest absolute Gasteiger partial charge is 0.258 e. The van der Waals surface area contributed by atoms with Crippen LogP contribution in [0.3, 0.4) is 0 Å². The van der Waals surface area contributed by atoms with Crippen LogP contribution >= 0.6 is 0 Å². The summed E-state index contributed by atoms with van der Waals surface area (Å²) in [6.45, 7) is 5.78. The molecule has 7 nitrogen and oxygen atoms in total. The number of nitrogens with one attached hydrogen (secondary N) is 1. The number of aromatic nitrogens is 2. The van der Waals surface area contributed by atoms with Crippen molar-refractivity contribution in [1.82, 2.24) is 14.5 Å². The predicted molar refractivity (Wildman–Crippen MR) is 125 cm³/mol. The van der Waals surface area contributed by atoms with Crippen LogP contribution in [0.5, 0.6) is 0 Å². The second-order valence-electron chi connectivity index (χ2n) is 8.53. The van der Waals surface area contributed by atoms with Gasteiger partial charge in [-0.05, 0) is 75.2 Å². The molecule has 1 N–H and O–H groups in total. The summed E-state index contributed by atoms with van der Waals surface area (Å²) in [6, 6.07) is 11.6. The highest BCUT2D eigenvalue weighted by Crippen LogP contribution is 2.28. The summed E-state index contributed by atoms with van der Waals surface area (Å²) in [4.78, 5) is 32.4. The molecule has 0 atom stereocenters. The lowest BCUT2D eigenvalue weighted by molar-refractivity contribution is -0.121. The Balaban J connectivity index is 1.61. The van der Waals surface area contributed by atoms with E-state index in [0.29, 0.717) is 17.8 Å². The van der Waals surface area contributed by atoms with Gasteiger partial charge in [0.15, 0.2) is 0 Å². The molecule has 7 heteroatoms. The van der Waals surface area contributed by atoms with E-state index in [1.54, 1.807) is 17.8 Å². The first-order valence-electron chi connectivity index (χ1n) is 10.8. The number of aryl methyl sites for hydroxylation is 3. The fourth-order valence-electron chi connectivity index (χ4n) is 4.35. The number of likely N-dealkylation sites (tertiary alicyclic amines) is 1. The largest absolute Gasteiger partial charge is 0.326 e. The lowest BCUT2D eigenvalue weighted by Gasteiger charge is -2.29. The Hall–Kier alpha value is -3.50. The molecule has 0 aliphatic carbocycles. The normalized spacial score (nSPS) is 14.9. The molecule has 1 fully saturated rings. The summed E-state index contributed by atoms with van der Waals surface area (Å²) in [5, 5.41) is 12.8. The Bertz CT molecular complexity index is 1280. The fourth-order valence-corrected chi connectivity index (χ4v) is 4.35. The Morgan fingerprint density at radius 2 is 1.94 bits per heavy atom. The number of piperidine rings is 1. The molecule has 1 aromatic carbocycles. The molecule has 1 aliphatic rings. The summed E-state index contributed by atoms with van der Waals surface area (Å²) in [5.74, 6) is -0.0833. The van der Waals surface area contributed by atoms with Crippen molar-refractivity contribution >= 4 is 22.5 Å². The highest BCUT2D eigenvalue weighted by molar-refractivity contribution is 5.94. The molecule has 164 valence electrons. The van der Waals surface area contributed by atoms with Gasteiger partial charge in [0.25, 0.3) is 5.56 Å². The Labute approximate surface area is 187 Å². The van der Waals surface area contributed by atoms with Crippen LogP contribution in [0.15, 0.2) is 41.3 Å². The number of carbonyl (C=O) groups is 1. The molecule has 0 radical (unpaired) electrons. The first-order valence-corrected chi connectivity index (χ1v) is 10.8. The molecule has 3 aromatic rings. The van der Waals surface area contributed by atoms with Crippen molar-refractivity contribution in [1.29, 1.82) is 5.26 Å².